The molecule has 0 atom stereocenters. The van der Waals surface area contributed by atoms with E-state index >= 15 is 0 Å². The topological polar surface area (TPSA) is 29.9 Å². The third-order valence-corrected chi connectivity index (χ3v) is 2.61. The predicted molar refractivity (Wildman–Crippen MR) is 69.3 cm³/mol. The van der Waals surface area contributed by atoms with E-state index in [4.69, 9.17) is 0 Å². The summed E-state index contributed by atoms with van der Waals surface area (Å²) in [6.07, 6.45) is 8.43. The molecule has 1 rings (SSSR count). The molecule has 0 aromatic carbocycles. The summed E-state index contributed by atoms with van der Waals surface area (Å²) in [5.41, 5.74) is 1.27. The van der Waals surface area contributed by atoms with Gasteiger partial charge in [-0.05, 0) is 45.4 Å². The highest BCUT2D eigenvalue weighted by Gasteiger charge is 2.01. The third-order valence-electron chi connectivity index (χ3n) is 2.61. The molecule has 0 unspecified atom stereocenters. The fourth-order valence-corrected chi connectivity index (χ4v) is 1.70. The molecule has 0 spiro atoms. The van der Waals surface area contributed by atoms with E-state index in [1.165, 1.54) is 12.0 Å². The Hall–Kier alpha value is -1.09. The highest BCUT2D eigenvalue weighted by molar-refractivity contribution is 5.57. The molecule has 0 radical (unpaired) electrons. The number of allylic oxidation sites excluding steroid dienone is 1. The first-order valence-corrected chi connectivity index (χ1v) is 6.18. The Morgan fingerprint density at radius 1 is 1.44 bits per heavy atom. The van der Waals surface area contributed by atoms with Crippen LogP contribution in [-0.4, -0.2) is 22.6 Å². The van der Waals surface area contributed by atoms with E-state index in [1.54, 1.807) is 0 Å². The Kier molecular flexibility index (Phi) is 5.86. The summed E-state index contributed by atoms with van der Waals surface area (Å²) < 4.78 is 2.17. The van der Waals surface area contributed by atoms with Gasteiger partial charge in [-0.3, -0.25) is 0 Å². The molecule has 3 heteroatoms. The van der Waals surface area contributed by atoms with Crippen molar-refractivity contribution in [1.82, 2.24) is 14.9 Å². The Morgan fingerprint density at radius 3 is 2.94 bits per heavy atom. The van der Waals surface area contributed by atoms with Crippen LogP contribution < -0.4 is 5.32 Å². The molecule has 3 nitrogen and oxygen atoms in total. The van der Waals surface area contributed by atoms with Crippen LogP contribution in [0.5, 0.6) is 0 Å². The van der Waals surface area contributed by atoms with Crippen molar-refractivity contribution in [2.24, 2.45) is 0 Å². The fraction of sp³-hybridized carbons (Fsp3) is 0.615. The second kappa shape index (κ2) is 7.23. The standard InChI is InChI=1S/C13H23N3/c1-4-8-14-9-6-7-12(3)13-15-10-11-16(13)5-2/h7,10-11,14H,4-6,8-9H2,1-3H3. The highest BCUT2D eigenvalue weighted by Crippen LogP contribution is 2.11. The lowest BCUT2D eigenvalue weighted by Crippen LogP contribution is -2.15. The first kappa shape index (κ1) is 13.0. The first-order valence-electron chi connectivity index (χ1n) is 6.18. The van der Waals surface area contributed by atoms with Gasteiger partial charge in [0.2, 0.25) is 0 Å². The van der Waals surface area contributed by atoms with E-state index in [1.807, 2.05) is 12.4 Å². The van der Waals surface area contributed by atoms with Gasteiger partial charge in [-0.1, -0.05) is 13.0 Å². The average Bonchev–Trinajstić information content (AvgIpc) is 2.76. The van der Waals surface area contributed by atoms with Crippen molar-refractivity contribution >= 4 is 5.57 Å². The molecule has 0 fully saturated rings. The van der Waals surface area contributed by atoms with Gasteiger partial charge in [-0.2, -0.15) is 0 Å². The molecule has 0 aliphatic rings. The summed E-state index contributed by atoms with van der Waals surface area (Å²) in [6, 6.07) is 0. The molecule has 0 amide bonds. The lowest BCUT2D eigenvalue weighted by Gasteiger charge is -2.05. The monoisotopic (exact) mass is 221 g/mol. The van der Waals surface area contributed by atoms with Gasteiger partial charge in [0.25, 0.3) is 0 Å². The van der Waals surface area contributed by atoms with Gasteiger partial charge in [0.05, 0.1) is 0 Å². The molecule has 0 saturated heterocycles. The summed E-state index contributed by atoms with van der Waals surface area (Å²) in [6.45, 7) is 9.60. The molecule has 0 aliphatic carbocycles. The minimum atomic E-state index is 0.981. The van der Waals surface area contributed by atoms with Crippen LogP contribution in [0.25, 0.3) is 5.57 Å². The smallest absolute Gasteiger partial charge is 0.135 e. The van der Waals surface area contributed by atoms with Crippen LogP contribution in [0.15, 0.2) is 18.5 Å². The molecule has 1 heterocycles. The average molecular weight is 221 g/mol. The molecule has 0 aliphatic heterocycles. The summed E-state index contributed by atoms with van der Waals surface area (Å²) in [5.74, 6) is 1.10. The van der Waals surface area contributed by atoms with Gasteiger partial charge >= 0.3 is 0 Å². The second-order valence-electron chi connectivity index (χ2n) is 3.96. The summed E-state index contributed by atoms with van der Waals surface area (Å²) in [5, 5.41) is 3.39. The molecule has 0 saturated carbocycles. The number of aryl methyl sites for hydroxylation is 1. The maximum Gasteiger partial charge on any atom is 0.135 e. The van der Waals surface area contributed by atoms with Gasteiger partial charge in [0.15, 0.2) is 0 Å². The number of rotatable bonds is 7. The molecular formula is C13H23N3. The van der Waals surface area contributed by atoms with Crippen LogP contribution in [0, 0.1) is 0 Å². The molecule has 1 aromatic rings. The Bertz CT molecular complexity index is 326. The van der Waals surface area contributed by atoms with Crippen molar-refractivity contribution in [3.63, 3.8) is 0 Å². The minimum absolute atomic E-state index is 0.981. The Morgan fingerprint density at radius 2 is 2.25 bits per heavy atom. The van der Waals surface area contributed by atoms with Gasteiger partial charge in [-0.25, -0.2) is 4.98 Å². The SMILES string of the molecule is CCCNCCC=C(C)c1nccn1CC. The number of hydrogen-bond acceptors (Lipinski definition) is 2. The van der Waals surface area contributed by atoms with E-state index in [2.05, 4.69) is 41.7 Å². The zero-order valence-corrected chi connectivity index (χ0v) is 10.7. The zero-order chi connectivity index (χ0) is 11.8. The number of nitrogens with one attached hydrogen (secondary N) is 1. The van der Waals surface area contributed by atoms with Crippen molar-refractivity contribution in [3.8, 4) is 0 Å². The molecule has 1 N–H and O–H groups in total. The maximum absolute atomic E-state index is 4.38. The van der Waals surface area contributed by atoms with Crippen LogP contribution in [0.3, 0.4) is 0 Å². The summed E-state index contributed by atoms with van der Waals surface area (Å²) in [4.78, 5) is 4.38. The molecule has 90 valence electrons. The van der Waals surface area contributed by atoms with E-state index in [-0.39, 0.29) is 0 Å². The van der Waals surface area contributed by atoms with E-state index in [9.17, 15) is 0 Å². The fourth-order valence-electron chi connectivity index (χ4n) is 1.70. The quantitative estimate of drug-likeness (QED) is 0.717. The van der Waals surface area contributed by atoms with Crippen molar-refractivity contribution in [1.29, 1.82) is 0 Å². The van der Waals surface area contributed by atoms with E-state index in [0.717, 1.165) is 31.9 Å². The van der Waals surface area contributed by atoms with E-state index < -0.39 is 0 Å². The predicted octanol–water partition coefficient (Wildman–Crippen LogP) is 2.70. The van der Waals surface area contributed by atoms with Crippen molar-refractivity contribution < 1.29 is 0 Å². The lowest BCUT2D eigenvalue weighted by atomic mass is 10.2. The van der Waals surface area contributed by atoms with Crippen molar-refractivity contribution in [2.45, 2.75) is 40.2 Å². The number of hydrogen-bond donors (Lipinski definition) is 1. The molecule has 1 aromatic heterocycles. The normalized spacial score (nSPS) is 12.1. The Labute approximate surface area is 98.6 Å². The third kappa shape index (κ3) is 3.81. The first-order chi connectivity index (χ1) is 7.79. The maximum atomic E-state index is 4.38. The van der Waals surface area contributed by atoms with E-state index in [0.29, 0.717) is 0 Å². The van der Waals surface area contributed by atoms with Gasteiger partial charge in [0.1, 0.15) is 5.82 Å². The zero-order valence-electron chi connectivity index (χ0n) is 10.7. The minimum Gasteiger partial charge on any atom is -0.332 e. The van der Waals surface area contributed by atoms with Crippen molar-refractivity contribution in [2.75, 3.05) is 13.1 Å². The van der Waals surface area contributed by atoms with Gasteiger partial charge in [0, 0.05) is 18.9 Å². The van der Waals surface area contributed by atoms with Crippen LogP contribution in [0.1, 0.15) is 39.4 Å². The largest absolute Gasteiger partial charge is 0.332 e. The summed E-state index contributed by atoms with van der Waals surface area (Å²) in [7, 11) is 0. The second-order valence-corrected chi connectivity index (χ2v) is 3.96. The Balaban J connectivity index is 2.44. The van der Waals surface area contributed by atoms with Crippen LogP contribution in [0.4, 0.5) is 0 Å². The van der Waals surface area contributed by atoms with Gasteiger partial charge < -0.3 is 9.88 Å². The molecule has 0 bridgehead atoms. The van der Waals surface area contributed by atoms with Crippen LogP contribution >= 0.6 is 0 Å². The number of nitrogens with zero attached hydrogens (tertiary/aromatic N) is 2. The van der Waals surface area contributed by atoms with Gasteiger partial charge in [-0.15, -0.1) is 0 Å². The molecular weight excluding hydrogens is 198 g/mol. The number of aromatic nitrogens is 2. The lowest BCUT2D eigenvalue weighted by molar-refractivity contribution is 0.678. The molecule has 16 heavy (non-hydrogen) atoms. The summed E-state index contributed by atoms with van der Waals surface area (Å²) >= 11 is 0. The van der Waals surface area contributed by atoms with Crippen LogP contribution in [0.2, 0.25) is 0 Å². The highest BCUT2D eigenvalue weighted by atomic mass is 15.1. The van der Waals surface area contributed by atoms with Crippen molar-refractivity contribution in [3.05, 3.63) is 24.3 Å². The van der Waals surface area contributed by atoms with Crippen LogP contribution in [-0.2, 0) is 6.54 Å². The number of imidazole rings is 1.